The summed E-state index contributed by atoms with van der Waals surface area (Å²) >= 11 is 6.11. The van der Waals surface area contributed by atoms with Crippen molar-refractivity contribution in [2.24, 2.45) is 0 Å². The Kier molecular flexibility index (Phi) is 4.49. The topological polar surface area (TPSA) is 30.5 Å². The van der Waals surface area contributed by atoms with Gasteiger partial charge in [0.2, 0.25) is 0 Å². The molecular formula is C14H20ClNO2. The van der Waals surface area contributed by atoms with E-state index in [1.54, 1.807) is 7.11 Å². The standard InChI is InChI=1S/C14H20ClNO2/c1-4-18-13-8-12(14(13)17-3)16-11-7-5-6-10(15)9(11)2/h5-7,12-14,16H,4,8H2,1-3H3. The molecule has 1 fully saturated rings. The van der Waals surface area contributed by atoms with Crippen LogP contribution in [0.5, 0.6) is 0 Å². The highest BCUT2D eigenvalue weighted by molar-refractivity contribution is 6.31. The Morgan fingerprint density at radius 1 is 1.44 bits per heavy atom. The number of methoxy groups -OCH3 is 1. The zero-order chi connectivity index (χ0) is 13.1. The molecule has 1 aliphatic rings. The van der Waals surface area contributed by atoms with Gasteiger partial charge in [-0.2, -0.15) is 0 Å². The second kappa shape index (κ2) is 5.91. The molecule has 1 N–H and O–H groups in total. The van der Waals surface area contributed by atoms with Gasteiger partial charge in [0, 0.05) is 24.4 Å². The molecule has 0 radical (unpaired) electrons. The van der Waals surface area contributed by atoms with Crippen LogP contribution in [0.25, 0.3) is 0 Å². The quantitative estimate of drug-likeness (QED) is 0.890. The molecule has 0 heterocycles. The summed E-state index contributed by atoms with van der Waals surface area (Å²) in [5, 5.41) is 4.27. The van der Waals surface area contributed by atoms with E-state index in [4.69, 9.17) is 21.1 Å². The van der Waals surface area contributed by atoms with E-state index in [-0.39, 0.29) is 12.2 Å². The van der Waals surface area contributed by atoms with Crippen LogP contribution in [0.1, 0.15) is 18.9 Å². The molecule has 1 aromatic carbocycles. The molecule has 4 heteroatoms. The molecule has 3 nitrogen and oxygen atoms in total. The largest absolute Gasteiger partial charge is 0.379 e. The van der Waals surface area contributed by atoms with E-state index in [0.29, 0.717) is 6.04 Å². The zero-order valence-electron chi connectivity index (χ0n) is 11.1. The van der Waals surface area contributed by atoms with Crippen molar-refractivity contribution < 1.29 is 9.47 Å². The molecule has 100 valence electrons. The van der Waals surface area contributed by atoms with E-state index in [1.807, 2.05) is 32.0 Å². The van der Waals surface area contributed by atoms with Gasteiger partial charge in [-0.1, -0.05) is 17.7 Å². The summed E-state index contributed by atoms with van der Waals surface area (Å²) in [5.74, 6) is 0. The Bertz CT molecular complexity index is 411. The molecule has 0 bridgehead atoms. The lowest BCUT2D eigenvalue weighted by Crippen LogP contribution is -2.56. The molecule has 0 aromatic heterocycles. The van der Waals surface area contributed by atoms with Gasteiger partial charge in [-0.05, 0) is 38.0 Å². The first-order valence-corrected chi connectivity index (χ1v) is 6.71. The summed E-state index contributed by atoms with van der Waals surface area (Å²) < 4.78 is 11.1. The average molecular weight is 270 g/mol. The van der Waals surface area contributed by atoms with Crippen molar-refractivity contribution in [3.05, 3.63) is 28.8 Å². The Hall–Kier alpha value is -0.770. The molecule has 1 aromatic rings. The molecule has 1 saturated carbocycles. The molecule has 0 saturated heterocycles. The van der Waals surface area contributed by atoms with E-state index in [2.05, 4.69) is 5.32 Å². The van der Waals surface area contributed by atoms with E-state index in [1.165, 1.54) is 0 Å². The van der Waals surface area contributed by atoms with Crippen molar-refractivity contribution in [3.63, 3.8) is 0 Å². The fraction of sp³-hybridized carbons (Fsp3) is 0.571. The average Bonchev–Trinajstić information content (AvgIpc) is 2.33. The Morgan fingerprint density at radius 2 is 2.22 bits per heavy atom. The van der Waals surface area contributed by atoms with Gasteiger partial charge < -0.3 is 14.8 Å². The highest BCUT2D eigenvalue weighted by atomic mass is 35.5. The Balaban J connectivity index is 2.00. The SMILES string of the molecule is CCOC1CC(Nc2cccc(Cl)c2C)C1OC. The van der Waals surface area contributed by atoms with Gasteiger partial charge in [0.15, 0.2) is 0 Å². The monoisotopic (exact) mass is 269 g/mol. The second-order valence-electron chi connectivity index (χ2n) is 4.59. The maximum Gasteiger partial charge on any atom is 0.103 e. The second-order valence-corrected chi connectivity index (χ2v) is 5.00. The van der Waals surface area contributed by atoms with Crippen molar-refractivity contribution >= 4 is 17.3 Å². The predicted octanol–water partition coefficient (Wildman–Crippen LogP) is 3.25. The summed E-state index contributed by atoms with van der Waals surface area (Å²) in [7, 11) is 1.73. The fourth-order valence-electron chi connectivity index (χ4n) is 2.38. The highest BCUT2D eigenvalue weighted by Crippen LogP contribution is 2.32. The van der Waals surface area contributed by atoms with Crippen LogP contribution >= 0.6 is 11.6 Å². The van der Waals surface area contributed by atoms with Gasteiger partial charge in [-0.15, -0.1) is 0 Å². The van der Waals surface area contributed by atoms with Crippen LogP contribution < -0.4 is 5.32 Å². The normalized spacial score (nSPS) is 26.8. The summed E-state index contributed by atoms with van der Waals surface area (Å²) in [6.45, 7) is 4.76. The van der Waals surface area contributed by atoms with Crippen molar-refractivity contribution in [3.8, 4) is 0 Å². The van der Waals surface area contributed by atoms with Crippen LogP contribution in [0.4, 0.5) is 5.69 Å². The summed E-state index contributed by atoms with van der Waals surface area (Å²) in [5.41, 5.74) is 2.15. The third-order valence-electron chi connectivity index (χ3n) is 3.51. The van der Waals surface area contributed by atoms with E-state index in [9.17, 15) is 0 Å². The van der Waals surface area contributed by atoms with Crippen LogP contribution in [0.15, 0.2) is 18.2 Å². The molecular weight excluding hydrogens is 250 g/mol. The zero-order valence-corrected chi connectivity index (χ0v) is 11.8. The third kappa shape index (κ3) is 2.63. The molecule has 1 aliphatic carbocycles. The molecule has 3 unspecified atom stereocenters. The van der Waals surface area contributed by atoms with Gasteiger partial charge in [0.05, 0.1) is 12.1 Å². The Labute approximate surface area is 113 Å². The molecule has 18 heavy (non-hydrogen) atoms. The number of halogens is 1. The number of nitrogens with one attached hydrogen (secondary N) is 1. The molecule has 2 rings (SSSR count). The fourth-order valence-corrected chi connectivity index (χ4v) is 2.55. The smallest absolute Gasteiger partial charge is 0.103 e. The first kappa shape index (κ1) is 13.7. The van der Waals surface area contributed by atoms with Crippen LogP contribution in [0, 0.1) is 6.92 Å². The number of hydrogen-bond donors (Lipinski definition) is 1. The van der Waals surface area contributed by atoms with Crippen molar-refractivity contribution in [2.45, 2.75) is 38.5 Å². The summed E-state index contributed by atoms with van der Waals surface area (Å²) in [6.07, 6.45) is 1.29. The lowest BCUT2D eigenvalue weighted by Gasteiger charge is -2.44. The van der Waals surface area contributed by atoms with Gasteiger partial charge in [-0.25, -0.2) is 0 Å². The van der Waals surface area contributed by atoms with E-state index in [0.717, 1.165) is 29.3 Å². The Morgan fingerprint density at radius 3 is 2.89 bits per heavy atom. The van der Waals surface area contributed by atoms with Crippen LogP contribution in [-0.4, -0.2) is 32.0 Å². The van der Waals surface area contributed by atoms with Crippen molar-refractivity contribution in [1.29, 1.82) is 0 Å². The lowest BCUT2D eigenvalue weighted by atomic mass is 9.85. The predicted molar refractivity (Wildman–Crippen MR) is 74.4 cm³/mol. The highest BCUT2D eigenvalue weighted by Gasteiger charge is 2.42. The maximum atomic E-state index is 6.11. The first-order valence-electron chi connectivity index (χ1n) is 6.33. The van der Waals surface area contributed by atoms with Crippen molar-refractivity contribution in [2.75, 3.05) is 19.0 Å². The number of anilines is 1. The van der Waals surface area contributed by atoms with Crippen LogP contribution in [0.2, 0.25) is 5.02 Å². The van der Waals surface area contributed by atoms with Gasteiger partial charge in [0.1, 0.15) is 6.10 Å². The van der Waals surface area contributed by atoms with Gasteiger partial charge in [-0.3, -0.25) is 0 Å². The minimum Gasteiger partial charge on any atom is -0.379 e. The number of hydrogen-bond acceptors (Lipinski definition) is 3. The van der Waals surface area contributed by atoms with Crippen LogP contribution in [-0.2, 0) is 9.47 Å². The molecule has 0 spiro atoms. The number of rotatable bonds is 5. The molecule has 0 amide bonds. The lowest BCUT2D eigenvalue weighted by molar-refractivity contribution is -0.118. The maximum absolute atomic E-state index is 6.11. The first-order chi connectivity index (χ1) is 8.67. The minimum absolute atomic E-state index is 0.114. The third-order valence-corrected chi connectivity index (χ3v) is 3.92. The van der Waals surface area contributed by atoms with E-state index < -0.39 is 0 Å². The number of ether oxygens (including phenoxy) is 2. The minimum atomic E-state index is 0.114. The van der Waals surface area contributed by atoms with Crippen LogP contribution in [0.3, 0.4) is 0 Å². The van der Waals surface area contributed by atoms with E-state index >= 15 is 0 Å². The van der Waals surface area contributed by atoms with Crippen molar-refractivity contribution in [1.82, 2.24) is 0 Å². The van der Waals surface area contributed by atoms with Gasteiger partial charge in [0.25, 0.3) is 0 Å². The summed E-state index contributed by atoms with van der Waals surface area (Å²) in [4.78, 5) is 0. The number of benzene rings is 1. The molecule has 3 atom stereocenters. The summed E-state index contributed by atoms with van der Waals surface area (Å²) in [6, 6.07) is 6.20. The van der Waals surface area contributed by atoms with Gasteiger partial charge >= 0.3 is 0 Å². The molecule has 0 aliphatic heterocycles.